The number of benzene rings is 1. The number of ether oxygens (including phenoxy) is 1. The third-order valence-corrected chi connectivity index (χ3v) is 3.54. The van der Waals surface area contributed by atoms with Crippen molar-refractivity contribution in [2.45, 2.75) is 12.8 Å². The summed E-state index contributed by atoms with van der Waals surface area (Å²) in [5.41, 5.74) is 6.62. The van der Waals surface area contributed by atoms with Gasteiger partial charge in [-0.3, -0.25) is 4.79 Å². The van der Waals surface area contributed by atoms with Crippen LogP contribution in [0.15, 0.2) is 36.7 Å². The van der Waals surface area contributed by atoms with Crippen LogP contribution in [0.4, 0.5) is 16.2 Å². The van der Waals surface area contributed by atoms with Gasteiger partial charge in [-0.15, -0.1) is 0 Å². The first-order valence-corrected chi connectivity index (χ1v) is 7.40. The minimum absolute atomic E-state index is 0.265. The number of nitrogens with one attached hydrogen (secondary N) is 3. The number of nitrogens with two attached hydrogens (primary N) is 1. The highest BCUT2D eigenvalue weighted by molar-refractivity contribution is 6.05. The van der Waals surface area contributed by atoms with Crippen LogP contribution < -0.4 is 21.1 Å². The number of anilines is 2. The average Bonchev–Trinajstić information content (AvgIpc) is 3.17. The van der Waals surface area contributed by atoms with Gasteiger partial charge < -0.3 is 26.1 Å². The number of carbonyl (C=O) groups excluding carboxylic acids is 2. The van der Waals surface area contributed by atoms with Gasteiger partial charge in [0.1, 0.15) is 0 Å². The van der Waals surface area contributed by atoms with E-state index in [1.54, 1.807) is 36.7 Å². The average molecular weight is 314 g/mol. The molecular weight excluding hydrogens is 296 g/mol. The molecule has 2 aromatic rings. The van der Waals surface area contributed by atoms with Gasteiger partial charge in [-0.1, -0.05) is 6.07 Å². The highest BCUT2D eigenvalue weighted by Crippen LogP contribution is 2.36. The van der Waals surface area contributed by atoms with Gasteiger partial charge in [-0.25, -0.2) is 4.79 Å². The normalized spacial score (nSPS) is 13.4. The van der Waals surface area contributed by atoms with Crippen LogP contribution in [0.25, 0.3) is 0 Å². The van der Waals surface area contributed by atoms with Gasteiger partial charge in [0.05, 0.1) is 23.5 Å². The zero-order chi connectivity index (χ0) is 16.2. The predicted octanol–water partition coefficient (Wildman–Crippen LogP) is 2.55. The minimum Gasteiger partial charge on any atom is -0.489 e. The number of carbonyl (C=O) groups is 2. The van der Waals surface area contributed by atoms with E-state index in [2.05, 4.69) is 15.6 Å². The fraction of sp³-hybridized carbons (Fsp3) is 0.250. The van der Waals surface area contributed by atoms with Gasteiger partial charge in [-0.05, 0) is 37.0 Å². The van der Waals surface area contributed by atoms with Crippen molar-refractivity contribution in [2.75, 3.05) is 17.2 Å². The molecule has 3 rings (SSSR count). The highest BCUT2D eigenvalue weighted by Gasteiger charge is 2.23. The van der Waals surface area contributed by atoms with Gasteiger partial charge in [-0.2, -0.15) is 0 Å². The lowest BCUT2D eigenvalue weighted by Gasteiger charge is -2.16. The van der Waals surface area contributed by atoms with Crippen LogP contribution in [-0.4, -0.2) is 23.5 Å². The first-order chi connectivity index (χ1) is 11.1. The summed E-state index contributed by atoms with van der Waals surface area (Å²) in [7, 11) is 0. The molecule has 1 fully saturated rings. The van der Waals surface area contributed by atoms with Gasteiger partial charge in [0.15, 0.2) is 5.75 Å². The van der Waals surface area contributed by atoms with Crippen molar-refractivity contribution in [3.8, 4) is 5.75 Å². The molecule has 1 aliphatic carbocycles. The zero-order valence-corrected chi connectivity index (χ0v) is 12.5. The number of urea groups is 1. The van der Waals surface area contributed by atoms with Crippen molar-refractivity contribution in [2.24, 2.45) is 11.7 Å². The van der Waals surface area contributed by atoms with Gasteiger partial charge in [0.2, 0.25) is 0 Å². The van der Waals surface area contributed by atoms with E-state index < -0.39 is 6.03 Å². The highest BCUT2D eigenvalue weighted by atomic mass is 16.5. The Kier molecular flexibility index (Phi) is 4.18. The Morgan fingerprint density at radius 1 is 1.22 bits per heavy atom. The summed E-state index contributed by atoms with van der Waals surface area (Å²) in [4.78, 5) is 26.2. The van der Waals surface area contributed by atoms with Crippen molar-refractivity contribution in [3.05, 3.63) is 42.2 Å². The van der Waals surface area contributed by atoms with Crippen LogP contribution >= 0.6 is 0 Å². The standard InChI is InChI=1S/C16H18N4O3/c17-16(22)20-13-3-1-2-12(14(13)23-9-10-4-5-10)19-15(21)11-6-7-18-8-11/h1-3,6-8,10,18H,4-5,9H2,(H,19,21)(H3,17,20,22). The van der Waals surface area contributed by atoms with Crippen molar-refractivity contribution in [3.63, 3.8) is 0 Å². The number of primary amides is 1. The maximum atomic E-state index is 12.2. The number of amides is 3. The minimum atomic E-state index is -0.685. The predicted molar refractivity (Wildman–Crippen MR) is 86.6 cm³/mol. The Labute approximate surface area is 133 Å². The Bertz CT molecular complexity index is 708. The number of hydrogen-bond acceptors (Lipinski definition) is 3. The second kappa shape index (κ2) is 6.43. The summed E-state index contributed by atoms with van der Waals surface area (Å²) in [5, 5.41) is 5.32. The molecule has 3 amide bonds. The Hall–Kier alpha value is -2.96. The van der Waals surface area contributed by atoms with Crippen molar-refractivity contribution in [1.82, 2.24) is 4.98 Å². The molecule has 1 aromatic carbocycles. The topological polar surface area (TPSA) is 109 Å². The summed E-state index contributed by atoms with van der Waals surface area (Å²) in [5.74, 6) is 0.686. The number of hydrogen-bond donors (Lipinski definition) is 4. The molecule has 0 bridgehead atoms. The summed E-state index contributed by atoms with van der Waals surface area (Å²) in [6.07, 6.45) is 5.54. The van der Waals surface area contributed by atoms with E-state index in [-0.39, 0.29) is 5.91 Å². The van der Waals surface area contributed by atoms with E-state index in [0.717, 1.165) is 12.8 Å². The van der Waals surface area contributed by atoms with Crippen LogP contribution in [0.1, 0.15) is 23.2 Å². The fourth-order valence-electron chi connectivity index (χ4n) is 2.17. The molecule has 0 aliphatic heterocycles. The number of rotatable bonds is 6. The van der Waals surface area contributed by atoms with E-state index >= 15 is 0 Å². The number of H-pyrrole nitrogens is 1. The summed E-state index contributed by atoms with van der Waals surface area (Å²) >= 11 is 0. The Morgan fingerprint density at radius 2 is 1.96 bits per heavy atom. The monoisotopic (exact) mass is 314 g/mol. The lowest BCUT2D eigenvalue weighted by molar-refractivity contribution is 0.102. The summed E-state index contributed by atoms with van der Waals surface area (Å²) in [6, 6.07) is 6.10. The van der Waals surface area contributed by atoms with E-state index in [4.69, 9.17) is 10.5 Å². The van der Waals surface area contributed by atoms with Gasteiger partial charge in [0.25, 0.3) is 5.91 Å². The first-order valence-electron chi connectivity index (χ1n) is 7.40. The Balaban J connectivity index is 1.83. The quantitative estimate of drug-likeness (QED) is 0.657. The number of aromatic nitrogens is 1. The molecule has 120 valence electrons. The fourth-order valence-corrected chi connectivity index (χ4v) is 2.17. The molecule has 0 radical (unpaired) electrons. The summed E-state index contributed by atoms with van der Waals surface area (Å²) < 4.78 is 5.82. The molecule has 5 N–H and O–H groups in total. The molecule has 0 spiro atoms. The van der Waals surface area contributed by atoms with E-state index in [0.29, 0.717) is 35.2 Å². The molecule has 0 unspecified atom stereocenters. The molecular formula is C16H18N4O3. The van der Waals surface area contributed by atoms with Crippen molar-refractivity contribution >= 4 is 23.3 Å². The molecule has 23 heavy (non-hydrogen) atoms. The lowest BCUT2D eigenvalue weighted by Crippen LogP contribution is -2.20. The SMILES string of the molecule is NC(=O)Nc1cccc(NC(=O)c2cc[nH]c2)c1OCC1CC1. The first kappa shape index (κ1) is 15.0. The molecule has 1 aliphatic rings. The second-order valence-corrected chi connectivity index (χ2v) is 5.48. The van der Waals surface area contributed by atoms with E-state index in [9.17, 15) is 9.59 Å². The van der Waals surface area contributed by atoms with Crippen LogP contribution in [0.3, 0.4) is 0 Å². The maximum absolute atomic E-state index is 12.2. The van der Waals surface area contributed by atoms with E-state index in [1.165, 1.54) is 0 Å². The summed E-state index contributed by atoms with van der Waals surface area (Å²) in [6.45, 7) is 0.546. The second-order valence-electron chi connectivity index (χ2n) is 5.48. The smallest absolute Gasteiger partial charge is 0.316 e. The van der Waals surface area contributed by atoms with Crippen molar-refractivity contribution < 1.29 is 14.3 Å². The van der Waals surface area contributed by atoms with Crippen LogP contribution in [0.2, 0.25) is 0 Å². The number of aromatic amines is 1. The lowest BCUT2D eigenvalue weighted by atomic mass is 10.2. The largest absolute Gasteiger partial charge is 0.489 e. The molecule has 1 heterocycles. The van der Waals surface area contributed by atoms with E-state index in [1.807, 2.05) is 0 Å². The van der Waals surface area contributed by atoms with Crippen LogP contribution in [0.5, 0.6) is 5.75 Å². The maximum Gasteiger partial charge on any atom is 0.316 e. The third-order valence-electron chi connectivity index (χ3n) is 3.54. The third kappa shape index (κ3) is 3.82. The number of para-hydroxylation sites is 1. The molecule has 1 saturated carbocycles. The zero-order valence-electron chi connectivity index (χ0n) is 12.5. The van der Waals surface area contributed by atoms with Gasteiger partial charge >= 0.3 is 6.03 Å². The molecule has 1 aromatic heterocycles. The molecule has 7 nitrogen and oxygen atoms in total. The van der Waals surface area contributed by atoms with Crippen molar-refractivity contribution in [1.29, 1.82) is 0 Å². The van der Waals surface area contributed by atoms with Crippen LogP contribution in [-0.2, 0) is 0 Å². The Morgan fingerprint density at radius 3 is 2.57 bits per heavy atom. The van der Waals surface area contributed by atoms with Crippen LogP contribution in [0, 0.1) is 5.92 Å². The molecule has 0 atom stereocenters. The molecule has 0 saturated heterocycles. The van der Waals surface area contributed by atoms with Gasteiger partial charge in [0, 0.05) is 12.4 Å². The molecule has 7 heteroatoms.